The quantitative estimate of drug-likeness (QED) is 0.779. The van der Waals surface area contributed by atoms with E-state index in [0.29, 0.717) is 6.07 Å². The standard InChI is InChI=1S/C16H20F4N2O2/c1-15(2,3)13-9-21(6-7-22(13)14(23)24)12-5-4-10(17)8-11(12)16(18,19)20/h4-5,8,13H,6-7,9H2,1-3H3,(H,23,24). The number of halogens is 4. The molecule has 1 aromatic carbocycles. The zero-order valence-corrected chi connectivity index (χ0v) is 13.7. The molecule has 1 aromatic rings. The molecule has 1 aliphatic heterocycles. The van der Waals surface area contributed by atoms with Crippen LogP contribution in [0.4, 0.5) is 28.0 Å². The van der Waals surface area contributed by atoms with Crippen molar-refractivity contribution in [3.63, 3.8) is 0 Å². The first-order chi connectivity index (χ1) is 10.9. The lowest BCUT2D eigenvalue weighted by Crippen LogP contribution is -2.59. The lowest BCUT2D eigenvalue weighted by molar-refractivity contribution is -0.137. The molecule has 134 valence electrons. The molecule has 1 aliphatic rings. The number of carbonyl (C=O) groups is 1. The number of benzene rings is 1. The maximum absolute atomic E-state index is 13.3. The van der Waals surface area contributed by atoms with E-state index >= 15 is 0 Å². The zero-order valence-electron chi connectivity index (χ0n) is 13.7. The molecule has 1 heterocycles. The molecule has 1 atom stereocenters. The summed E-state index contributed by atoms with van der Waals surface area (Å²) in [6.07, 6.45) is -5.77. The van der Waals surface area contributed by atoms with Crippen molar-refractivity contribution in [3.05, 3.63) is 29.6 Å². The molecular weight excluding hydrogens is 328 g/mol. The topological polar surface area (TPSA) is 43.8 Å². The van der Waals surface area contributed by atoms with E-state index in [1.807, 2.05) is 20.8 Å². The van der Waals surface area contributed by atoms with Crippen molar-refractivity contribution in [1.29, 1.82) is 0 Å². The van der Waals surface area contributed by atoms with Gasteiger partial charge in [0, 0.05) is 25.3 Å². The molecule has 1 saturated heterocycles. The minimum Gasteiger partial charge on any atom is -0.465 e. The van der Waals surface area contributed by atoms with Crippen LogP contribution in [0.3, 0.4) is 0 Å². The molecule has 0 aromatic heterocycles. The lowest BCUT2D eigenvalue weighted by atomic mass is 9.84. The molecule has 1 amide bonds. The van der Waals surface area contributed by atoms with Crippen LogP contribution < -0.4 is 4.90 Å². The highest BCUT2D eigenvalue weighted by Crippen LogP contribution is 2.39. The molecule has 8 heteroatoms. The maximum Gasteiger partial charge on any atom is 0.418 e. The zero-order chi connectivity index (χ0) is 18.3. The van der Waals surface area contributed by atoms with Gasteiger partial charge in [-0.05, 0) is 23.6 Å². The fourth-order valence-corrected chi connectivity index (χ4v) is 2.98. The predicted molar refractivity (Wildman–Crippen MR) is 81.6 cm³/mol. The number of hydrogen-bond donors (Lipinski definition) is 1. The Labute approximate surface area is 137 Å². The van der Waals surface area contributed by atoms with Crippen LogP contribution in [0, 0.1) is 11.2 Å². The Morgan fingerprint density at radius 3 is 2.33 bits per heavy atom. The molecule has 1 fully saturated rings. The maximum atomic E-state index is 13.3. The van der Waals surface area contributed by atoms with Gasteiger partial charge in [0.25, 0.3) is 0 Å². The first kappa shape index (κ1) is 18.4. The highest BCUT2D eigenvalue weighted by Gasteiger charge is 2.41. The van der Waals surface area contributed by atoms with Crippen LogP contribution in [0.5, 0.6) is 0 Å². The van der Waals surface area contributed by atoms with Gasteiger partial charge < -0.3 is 14.9 Å². The van der Waals surface area contributed by atoms with Crippen LogP contribution in [0.25, 0.3) is 0 Å². The molecule has 0 saturated carbocycles. The van der Waals surface area contributed by atoms with Gasteiger partial charge in [-0.2, -0.15) is 13.2 Å². The normalized spacial score (nSPS) is 19.5. The highest BCUT2D eigenvalue weighted by molar-refractivity contribution is 5.67. The summed E-state index contributed by atoms with van der Waals surface area (Å²) >= 11 is 0. The summed E-state index contributed by atoms with van der Waals surface area (Å²) < 4.78 is 52.9. The van der Waals surface area contributed by atoms with E-state index in [2.05, 4.69) is 0 Å². The van der Waals surface area contributed by atoms with Crippen LogP contribution in [-0.4, -0.2) is 41.8 Å². The van der Waals surface area contributed by atoms with Crippen molar-refractivity contribution >= 4 is 11.8 Å². The Balaban J connectivity index is 2.40. The predicted octanol–water partition coefficient (Wildman–Crippen LogP) is 4.06. The van der Waals surface area contributed by atoms with Crippen molar-refractivity contribution in [2.45, 2.75) is 33.0 Å². The molecule has 0 radical (unpaired) electrons. The number of amides is 1. The van der Waals surface area contributed by atoms with Crippen LogP contribution in [0.1, 0.15) is 26.3 Å². The minimum atomic E-state index is -4.68. The van der Waals surface area contributed by atoms with Crippen molar-refractivity contribution in [3.8, 4) is 0 Å². The second kappa shape index (κ2) is 6.14. The van der Waals surface area contributed by atoms with Gasteiger partial charge in [-0.3, -0.25) is 0 Å². The van der Waals surface area contributed by atoms with E-state index in [0.717, 1.165) is 12.1 Å². The van der Waals surface area contributed by atoms with Gasteiger partial charge in [0.05, 0.1) is 11.6 Å². The SMILES string of the molecule is CC(C)(C)C1CN(c2ccc(F)cc2C(F)(F)F)CCN1C(=O)O. The lowest BCUT2D eigenvalue weighted by Gasteiger charge is -2.47. The summed E-state index contributed by atoms with van der Waals surface area (Å²) in [4.78, 5) is 14.1. The Hall–Kier alpha value is -1.99. The van der Waals surface area contributed by atoms with Gasteiger partial charge in [0.2, 0.25) is 0 Å². The Bertz CT molecular complexity index is 625. The van der Waals surface area contributed by atoms with Crippen LogP contribution >= 0.6 is 0 Å². The van der Waals surface area contributed by atoms with Gasteiger partial charge in [0.15, 0.2) is 0 Å². The number of anilines is 1. The fraction of sp³-hybridized carbons (Fsp3) is 0.562. The Kier molecular flexibility index (Phi) is 4.70. The molecule has 2 rings (SSSR count). The smallest absolute Gasteiger partial charge is 0.418 e. The number of alkyl halides is 3. The second-order valence-electron chi connectivity index (χ2n) is 6.96. The number of rotatable bonds is 1. The van der Waals surface area contributed by atoms with Gasteiger partial charge in [-0.25, -0.2) is 9.18 Å². The van der Waals surface area contributed by atoms with Gasteiger partial charge in [0.1, 0.15) is 5.82 Å². The van der Waals surface area contributed by atoms with Crippen molar-refractivity contribution in [1.82, 2.24) is 4.90 Å². The van der Waals surface area contributed by atoms with Crippen molar-refractivity contribution in [2.75, 3.05) is 24.5 Å². The van der Waals surface area contributed by atoms with Crippen LogP contribution in [0.15, 0.2) is 18.2 Å². The Morgan fingerprint density at radius 1 is 1.21 bits per heavy atom. The van der Waals surface area contributed by atoms with Crippen molar-refractivity contribution in [2.24, 2.45) is 5.41 Å². The third-order valence-corrected chi connectivity index (χ3v) is 4.23. The summed E-state index contributed by atoms with van der Waals surface area (Å²) in [6, 6.07) is 2.09. The number of piperazine rings is 1. The van der Waals surface area contributed by atoms with Crippen LogP contribution in [0.2, 0.25) is 0 Å². The van der Waals surface area contributed by atoms with Gasteiger partial charge in [-0.15, -0.1) is 0 Å². The molecule has 0 spiro atoms. The van der Waals surface area contributed by atoms with E-state index in [-0.39, 0.29) is 25.3 Å². The van der Waals surface area contributed by atoms with E-state index in [4.69, 9.17) is 0 Å². The van der Waals surface area contributed by atoms with E-state index in [1.54, 1.807) is 0 Å². The summed E-state index contributed by atoms with van der Waals surface area (Å²) in [5.41, 5.74) is -1.61. The van der Waals surface area contributed by atoms with Crippen LogP contribution in [-0.2, 0) is 6.18 Å². The average Bonchev–Trinajstić information content (AvgIpc) is 2.44. The van der Waals surface area contributed by atoms with Crippen molar-refractivity contribution < 1.29 is 27.5 Å². The second-order valence-corrected chi connectivity index (χ2v) is 6.96. The van der Waals surface area contributed by atoms with Gasteiger partial charge >= 0.3 is 12.3 Å². The summed E-state index contributed by atoms with van der Waals surface area (Å²) in [5, 5.41) is 9.33. The van der Waals surface area contributed by atoms with Gasteiger partial charge in [-0.1, -0.05) is 20.8 Å². The first-order valence-electron chi connectivity index (χ1n) is 7.52. The monoisotopic (exact) mass is 348 g/mol. The summed E-state index contributed by atoms with van der Waals surface area (Å²) in [6.45, 7) is 5.84. The van der Waals surface area contributed by atoms with E-state index in [9.17, 15) is 27.5 Å². The molecule has 0 bridgehead atoms. The summed E-state index contributed by atoms with van der Waals surface area (Å²) in [5.74, 6) is -0.956. The fourth-order valence-electron chi connectivity index (χ4n) is 2.98. The molecule has 0 aliphatic carbocycles. The number of hydrogen-bond acceptors (Lipinski definition) is 2. The molecular formula is C16H20F4N2O2. The van der Waals surface area contributed by atoms with E-state index < -0.39 is 35.1 Å². The average molecular weight is 348 g/mol. The number of carboxylic acid groups (broad SMARTS) is 1. The third-order valence-electron chi connectivity index (χ3n) is 4.23. The summed E-state index contributed by atoms with van der Waals surface area (Å²) in [7, 11) is 0. The first-order valence-corrected chi connectivity index (χ1v) is 7.52. The highest BCUT2D eigenvalue weighted by atomic mass is 19.4. The largest absolute Gasteiger partial charge is 0.465 e. The number of nitrogens with zero attached hydrogens (tertiary/aromatic N) is 2. The minimum absolute atomic E-state index is 0.0892. The molecule has 1 unspecified atom stereocenters. The molecule has 1 N–H and O–H groups in total. The third kappa shape index (κ3) is 3.73. The Morgan fingerprint density at radius 2 is 1.83 bits per heavy atom. The molecule has 24 heavy (non-hydrogen) atoms. The van der Waals surface area contributed by atoms with E-state index in [1.165, 1.54) is 9.80 Å². The molecule has 4 nitrogen and oxygen atoms in total.